The highest BCUT2D eigenvalue weighted by molar-refractivity contribution is 8.01. The molecule has 0 atom stereocenters. The molecule has 0 radical (unpaired) electrons. The number of aromatic nitrogens is 2. The first-order valence-electron chi connectivity index (χ1n) is 8.45. The summed E-state index contributed by atoms with van der Waals surface area (Å²) in [4.78, 5) is 23.6. The molecular weight excluding hydrogens is 394 g/mol. The van der Waals surface area contributed by atoms with E-state index >= 15 is 0 Å². The maximum Gasteiger partial charge on any atom is 0.251 e. The van der Waals surface area contributed by atoms with E-state index in [2.05, 4.69) is 26.1 Å². The number of nitrogens with one attached hydrogen (secondary N) is 3. The summed E-state index contributed by atoms with van der Waals surface area (Å²) in [6.45, 7) is 2.03. The van der Waals surface area contributed by atoms with Crippen molar-refractivity contribution in [3.05, 3.63) is 59.7 Å². The number of carbonyl (C=O) groups excluding carboxylic acids is 2. The number of anilines is 3. The van der Waals surface area contributed by atoms with Crippen LogP contribution in [-0.2, 0) is 4.79 Å². The van der Waals surface area contributed by atoms with Gasteiger partial charge < -0.3 is 16.0 Å². The molecule has 0 bridgehead atoms. The number of benzene rings is 2. The highest BCUT2D eigenvalue weighted by Gasteiger charge is 2.09. The Balaban J connectivity index is 1.49. The molecule has 2 aromatic carbocycles. The minimum atomic E-state index is -0.167. The van der Waals surface area contributed by atoms with E-state index in [4.69, 9.17) is 0 Å². The average Bonchev–Trinajstić information content (AvgIpc) is 3.15. The zero-order chi connectivity index (χ0) is 19.9. The second-order valence-corrected chi connectivity index (χ2v) is 8.06. The number of amides is 2. The van der Waals surface area contributed by atoms with E-state index in [1.54, 1.807) is 31.3 Å². The van der Waals surface area contributed by atoms with Crippen LogP contribution in [-0.4, -0.2) is 34.8 Å². The summed E-state index contributed by atoms with van der Waals surface area (Å²) in [7, 11) is 1.57. The van der Waals surface area contributed by atoms with Gasteiger partial charge in [0.15, 0.2) is 4.34 Å². The van der Waals surface area contributed by atoms with Gasteiger partial charge in [0.05, 0.1) is 5.75 Å². The lowest BCUT2D eigenvalue weighted by molar-refractivity contribution is -0.113. The maximum absolute atomic E-state index is 12.1. The van der Waals surface area contributed by atoms with Gasteiger partial charge in [0.2, 0.25) is 11.0 Å². The highest BCUT2D eigenvalue weighted by atomic mass is 32.2. The summed E-state index contributed by atoms with van der Waals surface area (Å²) in [6.07, 6.45) is 0. The lowest BCUT2D eigenvalue weighted by Crippen LogP contribution is -2.18. The van der Waals surface area contributed by atoms with Crippen LogP contribution in [0.2, 0.25) is 0 Å². The number of aryl methyl sites for hydroxylation is 1. The quantitative estimate of drug-likeness (QED) is 0.512. The summed E-state index contributed by atoms with van der Waals surface area (Å²) >= 11 is 2.72. The Hall–Kier alpha value is -2.91. The topological polar surface area (TPSA) is 96.0 Å². The Morgan fingerprint density at radius 1 is 1.00 bits per heavy atom. The summed E-state index contributed by atoms with van der Waals surface area (Å²) in [5, 5.41) is 17.4. The van der Waals surface area contributed by atoms with Gasteiger partial charge in [0.25, 0.3) is 5.91 Å². The van der Waals surface area contributed by atoms with Crippen molar-refractivity contribution in [3.63, 3.8) is 0 Å². The van der Waals surface area contributed by atoms with Crippen molar-refractivity contribution in [1.82, 2.24) is 15.5 Å². The predicted octanol–water partition coefficient (Wildman–Crippen LogP) is 3.68. The van der Waals surface area contributed by atoms with Crippen LogP contribution in [0.3, 0.4) is 0 Å². The van der Waals surface area contributed by atoms with Crippen LogP contribution in [0.4, 0.5) is 16.5 Å². The molecule has 9 heteroatoms. The van der Waals surface area contributed by atoms with Gasteiger partial charge in [-0.25, -0.2) is 0 Å². The van der Waals surface area contributed by atoms with E-state index in [1.807, 2.05) is 31.2 Å². The number of nitrogens with zero attached hydrogens (tertiary/aromatic N) is 2. The largest absolute Gasteiger partial charge is 0.355 e. The molecule has 0 aliphatic carbocycles. The van der Waals surface area contributed by atoms with Gasteiger partial charge in [0, 0.05) is 24.0 Å². The lowest BCUT2D eigenvalue weighted by Gasteiger charge is -2.05. The van der Waals surface area contributed by atoms with Crippen LogP contribution in [0.5, 0.6) is 0 Å². The van der Waals surface area contributed by atoms with Gasteiger partial charge in [-0.15, -0.1) is 10.2 Å². The molecule has 3 rings (SSSR count). The Morgan fingerprint density at radius 2 is 1.68 bits per heavy atom. The van der Waals surface area contributed by atoms with Crippen LogP contribution in [0, 0.1) is 6.92 Å². The third-order valence-electron chi connectivity index (χ3n) is 3.69. The average molecular weight is 414 g/mol. The van der Waals surface area contributed by atoms with E-state index in [0.29, 0.717) is 20.7 Å². The van der Waals surface area contributed by atoms with Crippen LogP contribution in [0.15, 0.2) is 52.9 Å². The summed E-state index contributed by atoms with van der Waals surface area (Å²) in [6, 6.07) is 14.7. The number of hydrogen-bond donors (Lipinski definition) is 3. The highest BCUT2D eigenvalue weighted by Crippen LogP contribution is 2.27. The molecule has 28 heavy (non-hydrogen) atoms. The zero-order valence-electron chi connectivity index (χ0n) is 15.4. The molecule has 0 unspecified atom stereocenters. The van der Waals surface area contributed by atoms with Gasteiger partial charge in [0.1, 0.15) is 0 Å². The SMILES string of the molecule is CNC(=O)c1ccc(NC(=O)CSc2nnc(Nc3ccc(C)cc3)s2)cc1. The molecule has 1 aromatic heterocycles. The minimum Gasteiger partial charge on any atom is -0.355 e. The zero-order valence-corrected chi connectivity index (χ0v) is 17.0. The van der Waals surface area contributed by atoms with Crippen molar-refractivity contribution in [2.24, 2.45) is 0 Å². The fourth-order valence-electron chi connectivity index (χ4n) is 2.25. The lowest BCUT2D eigenvalue weighted by atomic mass is 10.2. The standard InChI is InChI=1S/C19H19N5O2S2/c1-12-3-7-15(8-4-12)22-18-23-24-19(28-18)27-11-16(25)21-14-9-5-13(6-10-14)17(26)20-2/h3-10H,11H2,1-2H3,(H,20,26)(H,21,25)(H,22,23). The molecule has 3 aromatic rings. The first kappa shape index (κ1) is 19.8. The second-order valence-electron chi connectivity index (χ2n) is 5.86. The summed E-state index contributed by atoms with van der Waals surface area (Å²) in [5.74, 6) is -0.100. The number of rotatable bonds is 7. The molecule has 7 nitrogen and oxygen atoms in total. The minimum absolute atomic E-state index is 0.152. The van der Waals surface area contributed by atoms with Crippen LogP contribution < -0.4 is 16.0 Å². The maximum atomic E-state index is 12.1. The molecule has 0 aliphatic rings. The molecule has 0 spiro atoms. The number of carbonyl (C=O) groups is 2. The fourth-order valence-corrected chi connectivity index (χ4v) is 3.82. The molecule has 3 N–H and O–H groups in total. The van der Waals surface area contributed by atoms with Crippen molar-refractivity contribution >= 4 is 51.4 Å². The summed E-state index contributed by atoms with van der Waals surface area (Å²) in [5.41, 5.74) is 3.30. The van der Waals surface area contributed by atoms with Crippen LogP contribution in [0.25, 0.3) is 0 Å². The number of thioether (sulfide) groups is 1. The molecule has 0 aliphatic heterocycles. The second kappa shape index (κ2) is 9.34. The van der Waals surface area contributed by atoms with Gasteiger partial charge in [-0.2, -0.15) is 0 Å². The Bertz CT molecular complexity index is 955. The van der Waals surface area contributed by atoms with Gasteiger partial charge in [-0.3, -0.25) is 9.59 Å². The monoisotopic (exact) mass is 413 g/mol. The fraction of sp³-hybridized carbons (Fsp3) is 0.158. The van der Waals surface area contributed by atoms with Gasteiger partial charge in [-0.05, 0) is 43.3 Å². The molecule has 0 saturated carbocycles. The van der Waals surface area contributed by atoms with Crippen molar-refractivity contribution < 1.29 is 9.59 Å². The van der Waals surface area contributed by atoms with E-state index in [0.717, 1.165) is 5.69 Å². The molecular formula is C19H19N5O2S2. The molecule has 0 saturated heterocycles. The Labute approximate surface area is 171 Å². The van der Waals surface area contributed by atoms with Crippen LogP contribution in [0.1, 0.15) is 15.9 Å². The van der Waals surface area contributed by atoms with E-state index < -0.39 is 0 Å². The summed E-state index contributed by atoms with van der Waals surface area (Å²) < 4.78 is 0.708. The Morgan fingerprint density at radius 3 is 2.36 bits per heavy atom. The normalized spacial score (nSPS) is 10.4. The molecule has 1 heterocycles. The van der Waals surface area contributed by atoms with Gasteiger partial charge >= 0.3 is 0 Å². The first-order valence-corrected chi connectivity index (χ1v) is 10.3. The smallest absolute Gasteiger partial charge is 0.251 e. The van der Waals surface area contributed by atoms with Crippen molar-refractivity contribution in [2.75, 3.05) is 23.4 Å². The van der Waals surface area contributed by atoms with Crippen molar-refractivity contribution in [3.8, 4) is 0 Å². The van der Waals surface area contributed by atoms with Crippen LogP contribution >= 0.6 is 23.1 Å². The van der Waals surface area contributed by atoms with E-state index in [-0.39, 0.29) is 17.6 Å². The van der Waals surface area contributed by atoms with Crippen molar-refractivity contribution in [2.45, 2.75) is 11.3 Å². The third-order valence-corrected chi connectivity index (χ3v) is 5.67. The predicted molar refractivity (Wildman–Crippen MR) is 114 cm³/mol. The molecule has 144 valence electrons. The number of hydrogen-bond acceptors (Lipinski definition) is 7. The Kier molecular flexibility index (Phi) is 6.62. The van der Waals surface area contributed by atoms with Crippen molar-refractivity contribution in [1.29, 1.82) is 0 Å². The molecule has 2 amide bonds. The molecule has 0 fully saturated rings. The van der Waals surface area contributed by atoms with E-state index in [9.17, 15) is 9.59 Å². The van der Waals surface area contributed by atoms with Gasteiger partial charge in [-0.1, -0.05) is 40.8 Å². The van der Waals surface area contributed by atoms with E-state index in [1.165, 1.54) is 28.7 Å². The third kappa shape index (κ3) is 5.54. The first-order chi connectivity index (χ1) is 13.5.